The van der Waals surface area contributed by atoms with Gasteiger partial charge in [0.2, 0.25) is 0 Å². The number of benzene rings is 1. The fraction of sp³-hybridized carbons (Fsp3) is 0.167. The lowest BCUT2D eigenvalue weighted by Crippen LogP contribution is -2.05. The number of nitrogens with zero attached hydrogens (tertiary/aromatic N) is 2. The van der Waals surface area contributed by atoms with Gasteiger partial charge in [0, 0.05) is 5.56 Å². The van der Waals surface area contributed by atoms with Crippen molar-refractivity contribution < 1.29 is 8.78 Å². The van der Waals surface area contributed by atoms with Crippen molar-refractivity contribution in [3.63, 3.8) is 0 Å². The third-order valence-corrected chi connectivity index (χ3v) is 2.90. The number of halogens is 3. The maximum absolute atomic E-state index is 13.4. The minimum atomic E-state index is -0.559. The Labute approximate surface area is 111 Å². The van der Waals surface area contributed by atoms with Crippen LogP contribution in [0.2, 0.25) is 0 Å². The molecule has 0 atom stereocenters. The molecule has 1 heterocycles. The molecule has 2 N–H and O–H groups in total. The first-order chi connectivity index (χ1) is 8.58. The summed E-state index contributed by atoms with van der Waals surface area (Å²) in [5.74, 6) is -0.844. The van der Waals surface area contributed by atoms with Crippen LogP contribution in [0.5, 0.6) is 0 Å². The molecule has 1 aromatic heterocycles. The Bertz CT molecular complexity index is 555. The molecule has 0 aliphatic heterocycles. The molecule has 2 rings (SSSR count). The number of aromatic nitrogens is 2. The Balaban J connectivity index is 2.19. The van der Waals surface area contributed by atoms with Gasteiger partial charge in [-0.05, 0) is 40.9 Å². The second-order valence-electron chi connectivity index (χ2n) is 3.72. The van der Waals surface area contributed by atoms with Crippen molar-refractivity contribution >= 4 is 21.7 Å². The van der Waals surface area contributed by atoms with Crippen LogP contribution in [0.3, 0.4) is 0 Å². The van der Waals surface area contributed by atoms with Gasteiger partial charge in [-0.25, -0.2) is 18.7 Å². The van der Waals surface area contributed by atoms with Gasteiger partial charge in [0.25, 0.3) is 0 Å². The SMILES string of the molecule is Nc1ncc(Br)nc1CCc1c(F)cccc1F. The molecule has 2 aromatic rings. The molecule has 3 nitrogen and oxygen atoms in total. The average molecular weight is 314 g/mol. The molecule has 6 heteroatoms. The van der Waals surface area contributed by atoms with Gasteiger partial charge in [0.1, 0.15) is 22.1 Å². The first-order valence-electron chi connectivity index (χ1n) is 5.27. The van der Waals surface area contributed by atoms with Gasteiger partial charge in [-0.15, -0.1) is 0 Å². The Kier molecular flexibility index (Phi) is 3.86. The van der Waals surface area contributed by atoms with E-state index >= 15 is 0 Å². The molecule has 0 saturated carbocycles. The maximum Gasteiger partial charge on any atom is 0.145 e. The van der Waals surface area contributed by atoms with Crippen LogP contribution < -0.4 is 5.73 Å². The minimum Gasteiger partial charge on any atom is -0.382 e. The summed E-state index contributed by atoms with van der Waals surface area (Å²) in [4.78, 5) is 8.05. The number of anilines is 1. The van der Waals surface area contributed by atoms with E-state index in [9.17, 15) is 8.78 Å². The molecule has 0 aliphatic rings. The molecule has 0 amide bonds. The van der Waals surface area contributed by atoms with Crippen LogP contribution in [0, 0.1) is 11.6 Å². The van der Waals surface area contributed by atoms with Crippen LogP contribution in [0.25, 0.3) is 0 Å². The summed E-state index contributed by atoms with van der Waals surface area (Å²) < 4.78 is 27.4. The topological polar surface area (TPSA) is 51.8 Å². The molecule has 0 radical (unpaired) electrons. The second-order valence-corrected chi connectivity index (χ2v) is 4.54. The highest BCUT2D eigenvalue weighted by Gasteiger charge is 2.10. The summed E-state index contributed by atoms with van der Waals surface area (Å²) in [6, 6.07) is 3.80. The normalized spacial score (nSPS) is 10.6. The van der Waals surface area contributed by atoms with Gasteiger partial charge < -0.3 is 5.73 Å². The standard InChI is InChI=1S/C12H10BrF2N3/c13-11-6-17-12(16)10(18-11)5-4-7-8(14)2-1-3-9(7)15/h1-3,6H,4-5H2,(H2,16,17). The van der Waals surface area contributed by atoms with E-state index in [1.165, 1.54) is 24.4 Å². The van der Waals surface area contributed by atoms with Crippen LogP contribution in [-0.2, 0) is 12.8 Å². The van der Waals surface area contributed by atoms with E-state index < -0.39 is 11.6 Å². The third-order valence-electron chi connectivity index (χ3n) is 2.52. The second kappa shape index (κ2) is 5.39. The van der Waals surface area contributed by atoms with Gasteiger partial charge in [-0.1, -0.05) is 6.07 Å². The van der Waals surface area contributed by atoms with Crippen LogP contribution in [0.15, 0.2) is 29.0 Å². The molecule has 0 aliphatic carbocycles. The number of nitrogen functional groups attached to an aromatic ring is 1. The summed E-state index contributed by atoms with van der Waals surface area (Å²) in [5.41, 5.74) is 6.21. The zero-order valence-electron chi connectivity index (χ0n) is 9.33. The lowest BCUT2D eigenvalue weighted by atomic mass is 10.1. The van der Waals surface area contributed by atoms with E-state index in [1.807, 2.05) is 0 Å². The van der Waals surface area contributed by atoms with Crippen molar-refractivity contribution in [2.24, 2.45) is 0 Å². The quantitative estimate of drug-likeness (QED) is 0.948. The van der Waals surface area contributed by atoms with Crippen molar-refractivity contribution in [1.29, 1.82) is 0 Å². The Hall–Kier alpha value is -1.56. The highest BCUT2D eigenvalue weighted by atomic mass is 79.9. The largest absolute Gasteiger partial charge is 0.382 e. The Morgan fingerprint density at radius 1 is 1.17 bits per heavy atom. The van der Waals surface area contributed by atoms with Crippen LogP contribution in [-0.4, -0.2) is 9.97 Å². The summed E-state index contributed by atoms with van der Waals surface area (Å²) in [6.07, 6.45) is 1.99. The zero-order valence-corrected chi connectivity index (χ0v) is 10.9. The lowest BCUT2D eigenvalue weighted by Gasteiger charge is -2.06. The molecule has 0 fully saturated rings. The number of aryl methyl sites for hydroxylation is 1. The highest BCUT2D eigenvalue weighted by molar-refractivity contribution is 9.10. The fourth-order valence-electron chi connectivity index (χ4n) is 1.61. The number of rotatable bonds is 3. The molecular weight excluding hydrogens is 304 g/mol. The van der Waals surface area contributed by atoms with Gasteiger partial charge >= 0.3 is 0 Å². The van der Waals surface area contributed by atoms with E-state index in [1.54, 1.807) is 0 Å². The Morgan fingerprint density at radius 2 is 1.83 bits per heavy atom. The van der Waals surface area contributed by atoms with Crippen molar-refractivity contribution in [3.05, 3.63) is 51.9 Å². The van der Waals surface area contributed by atoms with Crippen LogP contribution in [0.4, 0.5) is 14.6 Å². The van der Waals surface area contributed by atoms with Gasteiger partial charge in [0.15, 0.2) is 0 Å². The van der Waals surface area contributed by atoms with E-state index in [0.29, 0.717) is 16.7 Å². The van der Waals surface area contributed by atoms with Crippen LogP contribution in [0.1, 0.15) is 11.3 Å². The number of hydrogen-bond acceptors (Lipinski definition) is 3. The number of hydrogen-bond donors (Lipinski definition) is 1. The molecule has 0 spiro atoms. The van der Waals surface area contributed by atoms with Crippen molar-refractivity contribution in [3.8, 4) is 0 Å². The summed E-state index contributed by atoms with van der Waals surface area (Å²) in [5, 5.41) is 0. The van der Waals surface area contributed by atoms with E-state index in [4.69, 9.17) is 5.73 Å². The molecule has 18 heavy (non-hydrogen) atoms. The van der Waals surface area contributed by atoms with E-state index in [2.05, 4.69) is 25.9 Å². The summed E-state index contributed by atoms with van der Waals surface area (Å²) in [7, 11) is 0. The average Bonchev–Trinajstić information content (AvgIpc) is 2.33. The maximum atomic E-state index is 13.4. The van der Waals surface area contributed by atoms with Gasteiger partial charge in [0.05, 0.1) is 11.9 Å². The van der Waals surface area contributed by atoms with Crippen molar-refractivity contribution in [2.75, 3.05) is 5.73 Å². The van der Waals surface area contributed by atoms with Crippen molar-refractivity contribution in [2.45, 2.75) is 12.8 Å². The third kappa shape index (κ3) is 2.81. The first-order valence-corrected chi connectivity index (χ1v) is 6.07. The molecule has 0 unspecified atom stereocenters. The Morgan fingerprint density at radius 3 is 2.50 bits per heavy atom. The molecule has 0 bridgehead atoms. The molecule has 0 saturated heterocycles. The molecular formula is C12H10BrF2N3. The monoisotopic (exact) mass is 313 g/mol. The zero-order chi connectivity index (χ0) is 13.1. The van der Waals surface area contributed by atoms with E-state index in [-0.39, 0.29) is 17.8 Å². The van der Waals surface area contributed by atoms with Gasteiger partial charge in [-0.3, -0.25) is 0 Å². The predicted octanol–water partition coefficient (Wildman–Crippen LogP) is 2.88. The fourth-order valence-corrected chi connectivity index (χ4v) is 1.93. The predicted molar refractivity (Wildman–Crippen MR) is 67.9 cm³/mol. The summed E-state index contributed by atoms with van der Waals surface area (Å²) in [6.45, 7) is 0. The minimum absolute atomic E-state index is 0.0404. The van der Waals surface area contributed by atoms with Crippen LogP contribution >= 0.6 is 15.9 Å². The lowest BCUT2D eigenvalue weighted by molar-refractivity contribution is 0.554. The van der Waals surface area contributed by atoms with E-state index in [0.717, 1.165) is 0 Å². The number of nitrogens with two attached hydrogens (primary N) is 1. The molecule has 94 valence electrons. The smallest absolute Gasteiger partial charge is 0.145 e. The van der Waals surface area contributed by atoms with Gasteiger partial charge in [-0.2, -0.15) is 0 Å². The first kappa shape index (κ1) is 12.9. The highest BCUT2D eigenvalue weighted by Crippen LogP contribution is 2.17. The van der Waals surface area contributed by atoms with Crippen molar-refractivity contribution in [1.82, 2.24) is 9.97 Å². The summed E-state index contributed by atoms with van der Waals surface area (Å²) >= 11 is 3.17. The molecule has 1 aromatic carbocycles.